The minimum atomic E-state index is 0.586. The highest BCUT2D eigenvalue weighted by atomic mass is 32.1. The lowest BCUT2D eigenvalue weighted by Gasteiger charge is -2.38. The third-order valence-corrected chi connectivity index (χ3v) is 5.66. The minimum absolute atomic E-state index is 0.586. The number of nitrogens with one attached hydrogen (secondary N) is 1. The van der Waals surface area contributed by atoms with E-state index in [4.69, 9.17) is 0 Å². The van der Waals surface area contributed by atoms with Crippen LogP contribution in [-0.2, 0) is 6.54 Å². The molecule has 0 bridgehead atoms. The minimum Gasteiger partial charge on any atom is -0.346 e. The van der Waals surface area contributed by atoms with Crippen molar-refractivity contribution in [2.75, 3.05) is 37.6 Å². The number of rotatable bonds is 6. The van der Waals surface area contributed by atoms with E-state index in [0.717, 1.165) is 44.4 Å². The number of hydrogen-bond acceptors (Lipinski definition) is 6. The molecule has 0 aliphatic carbocycles. The Kier molecular flexibility index (Phi) is 5.24. The Balaban J connectivity index is 1.39. The fourth-order valence-electron chi connectivity index (χ4n) is 2.67. The van der Waals surface area contributed by atoms with Crippen LogP contribution in [0, 0.1) is 0 Å². The fourth-order valence-corrected chi connectivity index (χ4v) is 4.04. The first-order valence-corrected chi connectivity index (χ1v) is 9.20. The number of nitrogens with zero attached hydrogens (tertiary/aromatic N) is 3. The van der Waals surface area contributed by atoms with Crippen LogP contribution in [0.2, 0.25) is 0 Å². The maximum atomic E-state index is 4.40. The quantitative estimate of drug-likeness (QED) is 0.885. The van der Waals surface area contributed by atoms with Crippen molar-refractivity contribution in [3.8, 4) is 0 Å². The summed E-state index contributed by atoms with van der Waals surface area (Å²) in [7, 11) is 0. The topological polar surface area (TPSA) is 31.4 Å². The molecule has 0 spiro atoms. The normalized spacial score (nSPS) is 18.0. The van der Waals surface area contributed by atoms with Gasteiger partial charge in [-0.15, -0.1) is 22.7 Å². The zero-order chi connectivity index (χ0) is 14.5. The lowest BCUT2D eigenvalue weighted by atomic mass is 10.2. The van der Waals surface area contributed by atoms with Gasteiger partial charge >= 0.3 is 0 Å². The molecule has 1 aliphatic heterocycles. The number of aromatic nitrogens is 1. The highest BCUT2D eigenvalue weighted by Crippen LogP contribution is 2.19. The van der Waals surface area contributed by atoms with E-state index < -0.39 is 0 Å². The molecule has 6 heteroatoms. The maximum Gasteiger partial charge on any atom is 0.185 e. The van der Waals surface area contributed by atoms with Crippen LogP contribution in [0.4, 0.5) is 5.13 Å². The largest absolute Gasteiger partial charge is 0.346 e. The van der Waals surface area contributed by atoms with E-state index in [9.17, 15) is 0 Å². The number of hydrogen-bond donors (Lipinski definition) is 1. The summed E-state index contributed by atoms with van der Waals surface area (Å²) < 4.78 is 0. The average Bonchev–Trinajstić information content (AvgIpc) is 3.21. The van der Waals surface area contributed by atoms with Crippen molar-refractivity contribution >= 4 is 27.8 Å². The van der Waals surface area contributed by atoms with Crippen LogP contribution >= 0.6 is 22.7 Å². The van der Waals surface area contributed by atoms with Gasteiger partial charge in [-0.3, -0.25) is 4.90 Å². The number of thiophene rings is 1. The van der Waals surface area contributed by atoms with Gasteiger partial charge in [0.1, 0.15) is 0 Å². The number of piperazine rings is 1. The van der Waals surface area contributed by atoms with Gasteiger partial charge < -0.3 is 10.2 Å². The van der Waals surface area contributed by atoms with E-state index in [2.05, 4.69) is 49.9 Å². The van der Waals surface area contributed by atoms with E-state index in [0.29, 0.717) is 6.04 Å². The van der Waals surface area contributed by atoms with E-state index in [1.54, 1.807) is 11.3 Å². The number of anilines is 1. The van der Waals surface area contributed by atoms with E-state index >= 15 is 0 Å². The molecular formula is C15H22N4S2. The van der Waals surface area contributed by atoms with Gasteiger partial charge in [0.05, 0.1) is 0 Å². The zero-order valence-corrected chi connectivity index (χ0v) is 14.0. The van der Waals surface area contributed by atoms with Crippen molar-refractivity contribution < 1.29 is 0 Å². The summed E-state index contributed by atoms with van der Waals surface area (Å²) in [6.07, 6.45) is 1.89. The van der Waals surface area contributed by atoms with Gasteiger partial charge in [0.15, 0.2) is 5.13 Å². The molecule has 21 heavy (non-hydrogen) atoms. The standard InChI is InChI=1S/C15H22N4S2/c1-13(11-16-12-14-3-2-9-20-14)18-5-7-19(8-6-18)15-17-4-10-21-15/h2-4,9-10,13,16H,5-8,11-12H2,1H3. The van der Waals surface area contributed by atoms with Gasteiger partial charge in [0.25, 0.3) is 0 Å². The smallest absolute Gasteiger partial charge is 0.185 e. The molecule has 0 amide bonds. The van der Waals surface area contributed by atoms with Gasteiger partial charge in [0.2, 0.25) is 0 Å². The molecule has 1 aliphatic rings. The van der Waals surface area contributed by atoms with Gasteiger partial charge in [-0.25, -0.2) is 4.98 Å². The first-order chi connectivity index (χ1) is 10.3. The molecule has 1 saturated heterocycles. The lowest BCUT2D eigenvalue weighted by molar-refractivity contribution is 0.193. The van der Waals surface area contributed by atoms with Crippen LogP contribution in [0.3, 0.4) is 0 Å². The highest BCUT2D eigenvalue weighted by molar-refractivity contribution is 7.13. The predicted molar refractivity (Wildman–Crippen MR) is 91.4 cm³/mol. The molecule has 3 rings (SSSR count). The Hall–Kier alpha value is -0.950. The summed E-state index contributed by atoms with van der Waals surface area (Å²) in [5.41, 5.74) is 0. The number of thiazole rings is 1. The SMILES string of the molecule is CC(CNCc1cccs1)N1CCN(c2nccs2)CC1. The van der Waals surface area contributed by atoms with Crippen molar-refractivity contribution in [2.45, 2.75) is 19.5 Å². The summed E-state index contributed by atoms with van der Waals surface area (Å²) in [6.45, 7) is 8.78. The Morgan fingerprint density at radius 2 is 2.10 bits per heavy atom. The van der Waals surface area contributed by atoms with E-state index in [1.165, 1.54) is 4.88 Å². The van der Waals surface area contributed by atoms with Gasteiger partial charge in [0, 0.05) is 61.8 Å². The van der Waals surface area contributed by atoms with Crippen LogP contribution in [0.25, 0.3) is 0 Å². The molecule has 3 heterocycles. The van der Waals surface area contributed by atoms with Crippen LogP contribution in [0.1, 0.15) is 11.8 Å². The monoisotopic (exact) mass is 322 g/mol. The fraction of sp³-hybridized carbons (Fsp3) is 0.533. The maximum absolute atomic E-state index is 4.40. The molecule has 0 aromatic carbocycles. The van der Waals surface area contributed by atoms with Crippen LogP contribution in [0.5, 0.6) is 0 Å². The molecule has 1 unspecified atom stereocenters. The van der Waals surface area contributed by atoms with Crippen molar-refractivity contribution in [1.29, 1.82) is 0 Å². The molecule has 0 radical (unpaired) electrons. The van der Waals surface area contributed by atoms with Crippen molar-refractivity contribution in [1.82, 2.24) is 15.2 Å². The zero-order valence-electron chi connectivity index (χ0n) is 12.4. The molecule has 1 fully saturated rings. The van der Waals surface area contributed by atoms with Crippen LogP contribution in [-0.4, -0.2) is 48.6 Å². The Bertz CT molecular complexity index is 504. The van der Waals surface area contributed by atoms with Crippen LogP contribution in [0.15, 0.2) is 29.1 Å². The highest BCUT2D eigenvalue weighted by Gasteiger charge is 2.21. The molecule has 4 nitrogen and oxygen atoms in total. The molecule has 1 atom stereocenters. The summed E-state index contributed by atoms with van der Waals surface area (Å²) in [5, 5.41) is 8.92. The first-order valence-electron chi connectivity index (χ1n) is 7.44. The lowest BCUT2D eigenvalue weighted by Crippen LogP contribution is -2.51. The van der Waals surface area contributed by atoms with Crippen molar-refractivity contribution in [3.63, 3.8) is 0 Å². The predicted octanol–water partition coefficient (Wildman–Crippen LogP) is 2.50. The summed E-state index contributed by atoms with van der Waals surface area (Å²) >= 11 is 3.56. The Morgan fingerprint density at radius 1 is 1.24 bits per heavy atom. The molecule has 114 valence electrons. The third-order valence-electron chi connectivity index (χ3n) is 3.95. The molecule has 1 N–H and O–H groups in total. The molecular weight excluding hydrogens is 300 g/mol. The second-order valence-electron chi connectivity index (χ2n) is 5.40. The van der Waals surface area contributed by atoms with Crippen molar-refractivity contribution in [3.05, 3.63) is 34.0 Å². The summed E-state index contributed by atoms with van der Waals surface area (Å²) in [5.74, 6) is 0. The molecule has 2 aromatic heterocycles. The van der Waals surface area contributed by atoms with Crippen LogP contribution < -0.4 is 10.2 Å². The second-order valence-corrected chi connectivity index (χ2v) is 7.30. The molecule has 0 saturated carbocycles. The van der Waals surface area contributed by atoms with Gasteiger partial charge in [-0.1, -0.05) is 6.07 Å². The van der Waals surface area contributed by atoms with E-state index in [1.807, 2.05) is 17.5 Å². The summed E-state index contributed by atoms with van der Waals surface area (Å²) in [4.78, 5) is 10.8. The van der Waals surface area contributed by atoms with Gasteiger partial charge in [-0.2, -0.15) is 0 Å². The first kappa shape index (κ1) is 15.0. The Morgan fingerprint density at radius 3 is 2.76 bits per heavy atom. The van der Waals surface area contributed by atoms with Crippen molar-refractivity contribution in [2.24, 2.45) is 0 Å². The average molecular weight is 323 g/mol. The van der Waals surface area contributed by atoms with E-state index in [-0.39, 0.29) is 0 Å². The second kappa shape index (κ2) is 7.35. The third kappa shape index (κ3) is 4.03. The van der Waals surface area contributed by atoms with Gasteiger partial charge in [-0.05, 0) is 18.4 Å². The molecule has 2 aromatic rings. The summed E-state index contributed by atoms with van der Waals surface area (Å²) in [6, 6.07) is 4.89. The Labute approximate surface area is 134 Å².